The molecule has 0 fully saturated rings. The number of Topliss-reactive ketones (excluding diaryl/α,β-unsaturated/α-hetero) is 1. The third-order valence-corrected chi connectivity index (χ3v) is 5.15. The molecule has 3 rings (SSSR count). The Morgan fingerprint density at radius 2 is 1.70 bits per heavy atom. The molecule has 3 aromatic rings. The molecule has 0 aliphatic heterocycles. The van der Waals surface area contributed by atoms with Crippen molar-refractivity contribution in [1.82, 2.24) is 9.88 Å². The minimum atomic E-state index is -0.0401. The molecule has 3 N–H and O–H groups in total. The number of nitrogens with two attached hydrogens (primary N) is 1. The molecule has 4 heteroatoms. The number of ketones is 1. The molecule has 140 valence electrons. The first-order chi connectivity index (χ1) is 12.9. The lowest BCUT2D eigenvalue weighted by atomic mass is 9.94. The third kappa shape index (κ3) is 3.81. The van der Waals surface area contributed by atoms with E-state index in [1.165, 1.54) is 0 Å². The maximum atomic E-state index is 12.6. The van der Waals surface area contributed by atoms with Crippen LogP contribution in [0.15, 0.2) is 54.6 Å². The van der Waals surface area contributed by atoms with E-state index in [1.54, 1.807) is 6.92 Å². The number of rotatable bonds is 6. The Balaban J connectivity index is 2.25. The minimum absolute atomic E-state index is 0.0401. The quantitative estimate of drug-likeness (QED) is 0.651. The molecule has 0 saturated heterocycles. The second-order valence-corrected chi connectivity index (χ2v) is 7.25. The highest BCUT2D eigenvalue weighted by Gasteiger charge is 2.22. The highest BCUT2D eigenvalue weighted by molar-refractivity contribution is 6.27. The van der Waals surface area contributed by atoms with Crippen LogP contribution in [0.4, 0.5) is 0 Å². The van der Waals surface area contributed by atoms with Crippen molar-refractivity contribution in [2.75, 3.05) is 14.1 Å². The zero-order valence-corrected chi connectivity index (χ0v) is 16.4. The zero-order chi connectivity index (χ0) is 19.6. The second kappa shape index (κ2) is 7.80. The highest BCUT2D eigenvalue weighted by atomic mass is 16.1. The molecule has 0 aliphatic carbocycles. The maximum Gasteiger partial charge on any atom is 0.164 e. The van der Waals surface area contributed by atoms with E-state index in [0.29, 0.717) is 17.3 Å². The van der Waals surface area contributed by atoms with Gasteiger partial charge in [0.15, 0.2) is 5.78 Å². The summed E-state index contributed by atoms with van der Waals surface area (Å²) in [6.07, 6.45) is 0.825. The molecule has 0 spiro atoms. The van der Waals surface area contributed by atoms with Gasteiger partial charge in [0, 0.05) is 16.9 Å². The monoisotopic (exact) mass is 361 g/mol. The topological polar surface area (TPSA) is 62.1 Å². The standard InChI is InChI=1S/C23H27N3O/c1-15(26(3)4)14-19-18-12-8-9-13-20(18)25-23(19)21(16(2)27)22(24)17-10-6-5-7-11-17/h5-13,15,25H,14,24H2,1-4H3/b22-21-. The van der Waals surface area contributed by atoms with Crippen LogP contribution in [0.5, 0.6) is 0 Å². The molecule has 0 radical (unpaired) electrons. The molecule has 1 aromatic heterocycles. The van der Waals surface area contributed by atoms with E-state index in [1.807, 2.05) is 48.5 Å². The van der Waals surface area contributed by atoms with Crippen LogP contribution in [0.1, 0.15) is 30.7 Å². The van der Waals surface area contributed by atoms with Gasteiger partial charge in [0.05, 0.1) is 17.0 Å². The van der Waals surface area contributed by atoms with Crippen molar-refractivity contribution in [1.29, 1.82) is 0 Å². The normalized spacial score (nSPS) is 13.7. The van der Waals surface area contributed by atoms with Crippen molar-refractivity contribution < 1.29 is 4.79 Å². The van der Waals surface area contributed by atoms with E-state index in [9.17, 15) is 4.79 Å². The molecule has 0 aliphatic rings. The van der Waals surface area contributed by atoms with Gasteiger partial charge < -0.3 is 15.6 Å². The molecular weight excluding hydrogens is 334 g/mol. The van der Waals surface area contributed by atoms with E-state index in [-0.39, 0.29) is 5.78 Å². The molecule has 0 saturated carbocycles. The molecule has 2 aromatic carbocycles. The van der Waals surface area contributed by atoms with Gasteiger partial charge in [-0.05, 0) is 51.6 Å². The van der Waals surface area contributed by atoms with Crippen LogP contribution in [0, 0.1) is 0 Å². The fourth-order valence-corrected chi connectivity index (χ4v) is 3.37. The van der Waals surface area contributed by atoms with E-state index in [4.69, 9.17) is 5.73 Å². The number of hydrogen-bond acceptors (Lipinski definition) is 3. The third-order valence-electron chi connectivity index (χ3n) is 5.15. The Hall–Kier alpha value is -2.85. The van der Waals surface area contributed by atoms with Crippen molar-refractivity contribution >= 4 is 28.0 Å². The molecule has 4 nitrogen and oxygen atoms in total. The fraction of sp³-hybridized carbons (Fsp3) is 0.261. The number of hydrogen-bond donors (Lipinski definition) is 2. The summed E-state index contributed by atoms with van der Waals surface area (Å²) in [7, 11) is 4.14. The number of fused-ring (bicyclic) bond motifs is 1. The van der Waals surface area contributed by atoms with Gasteiger partial charge in [0.25, 0.3) is 0 Å². The summed E-state index contributed by atoms with van der Waals surface area (Å²) >= 11 is 0. The summed E-state index contributed by atoms with van der Waals surface area (Å²) in [6, 6.07) is 18.2. The van der Waals surface area contributed by atoms with Crippen LogP contribution in [0.2, 0.25) is 0 Å². The Labute approximate surface area is 160 Å². The number of nitrogens with one attached hydrogen (secondary N) is 1. The SMILES string of the molecule is CC(=O)/C(=C(/N)c1ccccc1)c1[nH]c2ccccc2c1CC(C)N(C)C. The van der Waals surface area contributed by atoms with Gasteiger partial charge in [0.2, 0.25) is 0 Å². The van der Waals surface area contributed by atoms with Gasteiger partial charge >= 0.3 is 0 Å². The zero-order valence-electron chi connectivity index (χ0n) is 16.4. The van der Waals surface area contributed by atoms with E-state index in [0.717, 1.165) is 34.1 Å². The van der Waals surface area contributed by atoms with E-state index in [2.05, 4.69) is 37.0 Å². The van der Waals surface area contributed by atoms with Crippen LogP contribution >= 0.6 is 0 Å². The average Bonchev–Trinajstić information content (AvgIpc) is 3.00. The number of carbonyl (C=O) groups excluding carboxylic acids is 1. The number of H-pyrrole nitrogens is 1. The predicted molar refractivity (Wildman–Crippen MR) is 113 cm³/mol. The van der Waals surface area contributed by atoms with Crippen LogP contribution < -0.4 is 5.73 Å². The lowest BCUT2D eigenvalue weighted by molar-refractivity contribution is -0.111. The Morgan fingerprint density at radius 1 is 1.07 bits per heavy atom. The number of para-hydroxylation sites is 1. The Kier molecular flexibility index (Phi) is 5.47. The lowest BCUT2D eigenvalue weighted by Crippen LogP contribution is -2.27. The van der Waals surface area contributed by atoms with Crippen molar-refractivity contribution in [2.24, 2.45) is 5.73 Å². The first-order valence-corrected chi connectivity index (χ1v) is 9.22. The molecule has 0 amide bonds. The summed E-state index contributed by atoms with van der Waals surface area (Å²) in [5.41, 5.74) is 11.4. The summed E-state index contributed by atoms with van der Waals surface area (Å²) in [5.74, 6) is -0.0401. The predicted octanol–water partition coefficient (Wildman–Crippen LogP) is 4.08. The smallest absolute Gasteiger partial charge is 0.164 e. The van der Waals surface area contributed by atoms with Gasteiger partial charge in [-0.2, -0.15) is 0 Å². The molecular formula is C23H27N3O. The summed E-state index contributed by atoms with van der Waals surface area (Å²) in [5, 5.41) is 1.14. The Bertz CT molecular complexity index is 983. The van der Waals surface area contributed by atoms with Gasteiger partial charge in [-0.1, -0.05) is 48.5 Å². The van der Waals surface area contributed by atoms with Gasteiger partial charge in [-0.3, -0.25) is 4.79 Å². The van der Waals surface area contributed by atoms with Gasteiger partial charge in [-0.25, -0.2) is 0 Å². The molecule has 0 bridgehead atoms. The largest absolute Gasteiger partial charge is 0.398 e. The Morgan fingerprint density at radius 3 is 2.33 bits per heavy atom. The van der Waals surface area contributed by atoms with Crippen LogP contribution in [-0.2, 0) is 11.2 Å². The average molecular weight is 361 g/mol. The number of likely N-dealkylation sites (N-methyl/N-ethyl adjacent to an activating group) is 1. The summed E-state index contributed by atoms with van der Waals surface area (Å²) in [6.45, 7) is 3.76. The number of nitrogens with zero attached hydrogens (tertiary/aromatic N) is 1. The van der Waals surface area contributed by atoms with Crippen LogP contribution in [0.3, 0.4) is 0 Å². The molecule has 27 heavy (non-hydrogen) atoms. The molecule has 1 heterocycles. The van der Waals surface area contributed by atoms with Gasteiger partial charge in [-0.15, -0.1) is 0 Å². The maximum absolute atomic E-state index is 12.6. The van der Waals surface area contributed by atoms with Crippen molar-refractivity contribution in [3.63, 3.8) is 0 Å². The van der Waals surface area contributed by atoms with Crippen molar-refractivity contribution in [3.8, 4) is 0 Å². The first kappa shape index (κ1) is 18.9. The number of allylic oxidation sites excluding steroid dienone is 1. The first-order valence-electron chi connectivity index (χ1n) is 9.22. The van der Waals surface area contributed by atoms with Crippen LogP contribution in [0.25, 0.3) is 22.2 Å². The lowest BCUT2D eigenvalue weighted by Gasteiger charge is -2.20. The van der Waals surface area contributed by atoms with E-state index < -0.39 is 0 Å². The van der Waals surface area contributed by atoms with E-state index >= 15 is 0 Å². The minimum Gasteiger partial charge on any atom is -0.398 e. The number of aromatic amines is 1. The molecule has 1 unspecified atom stereocenters. The molecule has 1 atom stereocenters. The fourth-order valence-electron chi connectivity index (χ4n) is 3.37. The second-order valence-electron chi connectivity index (χ2n) is 7.25. The number of aromatic nitrogens is 1. The highest BCUT2D eigenvalue weighted by Crippen LogP contribution is 2.32. The number of benzene rings is 2. The van der Waals surface area contributed by atoms with Crippen LogP contribution in [-0.4, -0.2) is 35.8 Å². The van der Waals surface area contributed by atoms with Crippen molar-refractivity contribution in [2.45, 2.75) is 26.3 Å². The van der Waals surface area contributed by atoms with Crippen molar-refractivity contribution in [3.05, 3.63) is 71.4 Å². The van der Waals surface area contributed by atoms with Gasteiger partial charge in [0.1, 0.15) is 0 Å². The summed E-state index contributed by atoms with van der Waals surface area (Å²) < 4.78 is 0. The number of carbonyl (C=O) groups is 1. The summed E-state index contributed by atoms with van der Waals surface area (Å²) in [4.78, 5) is 18.3.